The molecule has 0 radical (unpaired) electrons. The maximum Gasteiger partial charge on any atom is 0.237 e. The number of rotatable bonds is 2. The summed E-state index contributed by atoms with van der Waals surface area (Å²) in [6, 6.07) is 13.1. The molecule has 0 aromatic carbocycles. The second-order valence-corrected chi connectivity index (χ2v) is 7.07. The van der Waals surface area contributed by atoms with Crippen LogP contribution in [0.25, 0.3) is 11.1 Å². The van der Waals surface area contributed by atoms with Crippen LogP contribution in [-0.4, -0.2) is 27.2 Å². The van der Waals surface area contributed by atoms with E-state index in [1.807, 2.05) is 0 Å². The van der Waals surface area contributed by atoms with E-state index in [-0.39, 0.29) is 17.6 Å². The van der Waals surface area contributed by atoms with Crippen LogP contribution in [0.15, 0.2) is 42.7 Å². The zero-order valence-electron chi connectivity index (χ0n) is 14.2. The first kappa shape index (κ1) is 16.5. The monoisotopic (exact) mass is 321 g/mol. The maximum atomic E-state index is 9.98. The largest absolute Gasteiger partial charge is 0.393 e. The van der Waals surface area contributed by atoms with Gasteiger partial charge in [0.05, 0.1) is 6.10 Å². The van der Waals surface area contributed by atoms with Gasteiger partial charge < -0.3 is 5.11 Å². The van der Waals surface area contributed by atoms with E-state index >= 15 is 0 Å². The Kier molecular flexibility index (Phi) is 4.55. The summed E-state index contributed by atoms with van der Waals surface area (Å²) < 4.78 is 0. The number of benzene rings is 1. The highest BCUT2D eigenvalue weighted by molar-refractivity contribution is 5.80. The van der Waals surface area contributed by atoms with Gasteiger partial charge in [-0.3, -0.25) is 4.90 Å². The molecule has 1 saturated carbocycles. The number of aromatic nitrogens is 2. The summed E-state index contributed by atoms with van der Waals surface area (Å²) in [5, 5.41) is 9.98. The average Bonchev–Trinajstić information content (AvgIpc) is 3.18. The van der Waals surface area contributed by atoms with Crippen molar-refractivity contribution < 1.29 is 5.11 Å². The van der Waals surface area contributed by atoms with E-state index in [0.29, 0.717) is 5.95 Å². The standard InChI is InChI=1S/C14H19N3O.C6H4/c1-4-17(13-15-8-5-9-16-13)11-6-7-12(18)14(2,3)10-11;1-2-5-4-6(5)3-1/h1,5,8-9,11-12,18H,6-7,10H2,2-3H3;1-4H/t11-,12-;/m1./s1. The second kappa shape index (κ2) is 6.62. The highest BCUT2D eigenvalue weighted by atomic mass is 16.3. The minimum atomic E-state index is -0.259. The van der Waals surface area contributed by atoms with Crippen molar-refractivity contribution in [1.29, 1.82) is 0 Å². The number of nitrogens with zero attached hydrogens (tertiary/aromatic N) is 3. The molecule has 0 spiro atoms. The Balaban J connectivity index is 0.000000231. The summed E-state index contributed by atoms with van der Waals surface area (Å²) in [4.78, 5) is 10.2. The van der Waals surface area contributed by atoms with Crippen LogP contribution in [0.3, 0.4) is 0 Å². The van der Waals surface area contributed by atoms with Crippen LogP contribution in [0.4, 0.5) is 5.95 Å². The van der Waals surface area contributed by atoms with Crippen LogP contribution in [-0.2, 0) is 0 Å². The number of aliphatic hydroxyl groups excluding tert-OH is 1. The average molecular weight is 321 g/mol. The maximum absolute atomic E-state index is 9.98. The molecular weight excluding hydrogens is 298 g/mol. The smallest absolute Gasteiger partial charge is 0.237 e. The molecule has 3 aliphatic rings. The lowest BCUT2D eigenvalue weighted by molar-refractivity contribution is 0.00674. The van der Waals surface area contributed by atoms with Gasteiger partial charge in [0.1, 0.15) is 0 Å². The van der Waals surface area contributed by atoms with Crippen molar-refractivity contribution in [3.8, 4) is 23.6 Å². The molecule has 0 saturated heterocycles. The molecule has 1 heterocycles. The molecule has 1 fully saturated rings. The van der Waals surface area contributed by atoms with E-state index in [9.17, 15) is 5.11 Å². The third kappa shape index (κ3) is 3.58. The molecule has 0 bridgehead atoms. The predicted molar refractivity (Wildman–Crippen MR) is 96.2 cm³/mol. The molecule has 0 amide bonds. The first-order valence-corrected chi connectivity index (χ1v) is 8.32. The molecule has 2 atom stereocenters. The van der Waals surface area contributed by atoms with E-state index < -0.39 is 0 Å². The lowest BCUT2D eigenvalue weighted by Crippen LogP contribution is -2.45. The van der Waals surface area contributed by atoms with Gasteiger partial charge in [0.15, 0.2) is 0 Å². The van der Waals surface area contributed by atoms with Crippen molar-refractivity contribution in [2.45, 2.75) is 45.3 Å². The van der Waals surface area contributed by atoms with Crippen LogP contribution in [0.1, 0.15) is 33.1 Å². The minimum absolute atomic E-state index is 0.118. The fourth-order valence-electron chi connectivity index (χ4n) is 3.22. The van der Waals surface area contributed by atoms with Gasteiger partial charge in [0, 0.05) is 24.5 Å². The van der Waals surface area contributed by atoms with Crippen molar-refractivity contribution in [3.05, 3.63) is 42.7 Å². The quantitative estimate of drug-likeness (QED) is 0.580. The van der Waals surface area contributed by atoms with E-state index in [4.69, 9.17) is 6.42 Å². The molecule has 124 valence electrons. The minimum Gasteiger partial charge on any atom is -0.393 e. The van der Waals surface area contributed by atoms with Crippen LogP contribution in [0.2, 0.25) is 0 Å². The van der Waals surface area contributed by atoms with Gasteiger partial charge in [-0.15, -0.1) is 0 Å². The van der Waals surface area contributed by atoms with E-state index in [2.05, 4.69) is 54.1 Å². The fourth-order valence-corrected chi connectivity index (χ4v) is 3.22. The van der Waals surface area contributed by atoms with Crippen LogP contribution in [0, 0.1) is 17.9 Å². The molecule has 3 aliphatic carbocycles. The summed E-state index contributed by atoms with van der Waals surface area (Å²) in [6.45, 7) is 4.15. The third-order valence-electron chi connectivity index (χ3n) is 4.82. The number of fused-ring (bicyclic) bond motifs is 1. The normalized spacial score (nSPS) is 22.6. The van der Waals surface area contributed by atoms with Crippen LogP contribution >= 0.6 is 0 Å². The molecule has 24 heavy (non-hydrogen) atoms. The third-order valence-corrected chi connectivity index (χ3v) is 4.82. The topological polar surface area (TPSA) is 49.2 Å². The van der Waals surface area contributed by atoms with Crippen molar-refractivity contribution in [3.63, 3.8) is 0 Å². The van der Waals surface area contributed by atoms with Crippen molar-refractivity contribution in [2.24, 2.45) is 5.41 Å². The van der Waals surface area contributed by atoms with Gasteiger partial charge in [-0.2, -0.15) is 0 Å². The molecule has 1 aromatic heterocycles. The van der Waals surface area contributed by atoms with E-state index in [0.717, 1.165) is 19.3 Å². The molecule has 4 nitrogen and oxygen atoms in total. The molecule has 1 aromatic rings. The van der Waals surface area contributed by atoms with Gasteiger partial charge in [0.2, 0.25) is 5.95 Å². The molecule has 1 N–H and O–H groups in total. The van der Waals surface area contributed by atoms with Crippen molar-refractivity contribution in [1.82, 2.24) is 9.97 Å². The number of anilines is 1. The number of hydrogen-bond donors (Lipinski definition) is 1. The number of terminal acetylenes is 1. The Labute approximate surface area is 143 Å². The lowest BCUT2D eigenvalue weighted by Gasteiger charge is -2.42. The lowest BCUT2D eigenvalue weighted by atomic mass is 9.72. The summed E-state index contributed by atoms with van der Waals surface area (Å²) in [5.41, 5.74) is 2.73. The Hall–Kier alpha value is -2.38. The summed E-state index contributed by atoms with van der Waals surface area (Å²) in [5.74, 6) is 0.567. The molecule has 4 heteroatoms. The van der Waals surface area contributed by atoms with Gasteiger partial charge in [-0.05, 0) is 47.9 Å². The van der Waals surface area contributed by atoms with E-state index in [1.165, 1.54) is 11.1 Å². The summed E-state index contributed by atoms with van der Waals surface area (Å²) >= 11 is 0. The Bertz CT molecular complexity index is 719. The molecule has 0 unspecified atom stereocenters. The van der Waals surface area contributed by atoms with Gasteiger partial charge in [0.25, 0.3) is 0 Å². The Morgan fingerprint density at radius 3 is 2.29 bits per heavy atom. The zero-order valence-corrected chi connectivity index (χ0v) is 14.2. The molecule has 4 rings (SSSR count). The highest BCUT2D eigenvalue weighted by Crippen LogP contribution is 2.38. The van der Waals surface area contributed by atoms with E-state index in [1.54, 1.807) is 23.4 Å². The number of aliphatic hydroxyl groups is 1. The molecule has 0 aliphatic heterocycles. The van der Waals surface area contributed by atoms with Gasteiger partial charge in [-0.1, -0.05) is 38.5 Å². The van der Waals surface area contributed by atoms with Gasteiger partial charge in [-0.25, -0.2) is 9.97 Å². The number of hydrogen-bond acceptors (Lipinski definition) is 4. The van der Waals surface area contributed by atoms with Crippen molar-refractivity contribution in [2.75, 3.05) is 4.90 Å². The Morgan fingerprint density at radius 2 is 1.83 bits per heavy atom. The van der Waals surface area contributed by atoms with Gasteiger partial charge >= 0.3 is 0 Å². The first-order chi connectivity index (χ1) is 11.5. The summed E-state index contributed by atoms with van der Waals surface area (Å²) in [7, 11) is 0. The second-order valence-electron chi connectivity index (χ2n) is 7.07. The van der Waals surface area contributed by atoms with Crippen LogP contribution in [0.5, 0.6) is 0 Å². The van der Waals surface area contributed by atoms with Crippen molar-refractivity contribution >= 4 is 5.95 Å². The SMILES string of the molecule is C#CN(c1ncccn1)[C@@H]1CC[C@@H](O)C(C)(C)C1.c1cc2cc-2c1. The summed E-state index contributed by atoms with van der Waals surface area (Å²) in [6.07, 6.45) is 11.2. The predicted octanol–water partition coefficient (Wildman–Crippen LogP) is 3.48. The highest BCUT2D eigenvalue weighted by Gasteiger charge is 2.38. The zero-order chi connectivity index (χ0) is 17.2. The first-order valence-electron chi connectivity index (χ1n) is 8.32. The Morgan fingerprint density at radius 1 is 1.17 bits per heavy atom. The van der Waals surface area contributed by atoms with Crippen LogP contribution < -0.4 is 4.90 Å². The fraction of sp³-hybridized carbons (Fsp3) is 0.400. The molecular formula is C20H23N3O.